The first-order chi connectivity index (χ1) is 9.99. The van der Waals surface area contributed by atoms with E-state index in [1.54, 1.807) is 30.2 Å². The monoisotopic (exact) mass is 420 g/mol. The quantitative estimate of drug-likeness (QED) is 0.590. The lowest BCUT2D eigenvalue weighted by Crippen LogP contribution is -2.14. The van der Waals surface area contributed by atoms with E-state index in [2.05, 4.69) is 15.4 Å². The number of amides is 1. The molecule has 21 heavy (non-hydrogen) atoms. The standard InChI is InChI=1S/C12H13IN4O3S/c1-3-20-9(18)4-7-6-21-12(14-7)15-11(19)10-8(13)5-17(2)16-10/h5-6H,3-4H2,1-2H3,(H,14,15,19). The van der Waals surface area contributed by atoms with Crippen LogP contribution in [0.1, 0.15) is 23.1 Å². The number of carbonyl (C=O) groups is 2. The summed E-state index contributed by atoms with van der Waals surface area (Å²) >= 11 is 3.30. The van der Waals surface area contributed by atoms with Crippen molar-refractivity contribution in [3.63, 3.8) is 0 Å². The first-order valence-electron chi connectivity index (χ1n) is 6.10. The maximum atomic E-state index is 12.1. The van der Waals surface area contributed by atoms with Crippen LogP contribution in [0.25, 0.3) is 0 Å². The van der Waals surface area contributed by atoms with Crippen LogP contribution >= 0.6 is 33.9 Å². The Hall–Kier alpha value is -1.49. The zero-order valence-corrected chi connectivity index (χ0v) is 14.4. The van der Waals surface area contributed by atoms with Gasteiger partial charge in [-0.15, -0.1) is 11.3 Å². The fourth-order valence-electron chi connectivity index (χ4n) is 1.58. The van der Waals surface area contributed by atoms with Gasteiger partial charge in [-0.3, -0.25) is 19.6 Å². The van der Waals surface area contributed by atoms with Gasteiger partial charge in [0.1, 0.15) is 0 Å². The van der Waals surface area contributed by atoms with E-state index in [9.17, 15) is 9.59 Å². The van der Waals surface area contributed by atoms with Crippen molar-refractivity contribution in [2.75, 3.05) is 11.9 Å². The van der Waals surface area contributed by atoms with Gasteiger partial charge in [0.25, 0.3) is 5.91 Å². The number of nitrogens with zero attached hydrogens (tertiary/aromatic N) is 3. The van der Waals surface area contributed by atoms with Crippen LogP contribution in [0.15, 0.2) is 11.6 Å². The summed E-state index contributed by atoms with van der Waals surface area (Å²) in [5, 5.41) is 8.91. The fourth-order valence-corrected chi connectivity index (χ4v) is 3.04. The van der Waals surface area contributed by atoms with Gasteiger partial charge in [0.15, 0.2) is 10.8 Å². The van der Waals surface area contributed by atoms with E-state index in [1.807, 2.05) is 22.6 Å². The van der Waals surface area contributed by atoms with Crippen LogP contribution < -0.4 is 5.32 Å². The van der Waals surface area contributed by atoms with Gasteiger partial charge >= 0.3 is 5.97 Å². The molecule has 0 aliphatic rings. The van der Waals surface area contributed by atoms with Gasteiger partial charge in [0, 0.05) is 18.6 Å². The average molecular weight is 420 g/mol. The van der Waals surface area contributed by atoms with Crippen LogP contribution in [0.3, 0.4) is 0 Å². The minimum Gasteiger partial charge on any atom is -0.466 e. The summed E-state index contributed by atoms with van der Waals surface area (Å²) in [5.74, 6) is -0.656. The Morgan fingerprint density at radius 3 is 2.90 bits per heavy atom. The van der Waals surface area contributed by atoms with E-state index in [4.69, 9.17) is 4.74 Å². The molecule has 0 radical (unpaired) electrons. The number of hydrogen-bond acceptors (Lipinski definition) is 6. The maximum Gasteiger partial charge on any atom is 0.311 e. The lowest BCUT2D eigenvalue weighted by molar-refractivity contribution is -0.142. The molecule has 2 aromatic rings. The van der Waals surface area contributed by atoms with Crippen molar-refractivity contribution in [2.45, 2.75) is 13.3 Å². The zero-order valence-electron chi connectivity index (χ0n) is 11.4. The summed E-state index contributed by atoms with van der Waals surface area (Å²) in [5.41, 5.74) is 0.921. The topological polar surface area (TPSA) is 86.1 Å². The molecule has 0 spiro atoms. The number of halogens is 1. The second-order valence-electron chi connectivity index (χ2n) is 4.08. The Balaban J connectivity index is 2.00. The Kier molecular flexibility index (Phi) is 5.28. The first-order valence-corrected chi connectivity index (χ1v) is 8.06. The summed E-state index contributed by atoms with van der Waals surface area (Å²) in [6.45, 7) is 2.09. The second-order valence-corrected chi connectivity index (χ2v) is 6.10. The third-order valence-corrected chi connectivity index (χ3v) is 4.00. The second kappa shape index (κ2) is 6.98. The largest absolute Gasteiger partial charge is 0.466 e. The van der Waals surface area contributed by atoms with Crippen molar-refractivity contribution in [2.24, 2.45) is 7.05 Å². The van der Waals surface area contributed by atoms with Crippen LogP contribution in [0, 0.1) is 3.57 Å². The van der Waals surface area contributed by atoms with E-state index >= 15 is 0 Å². The molecule has 9 heteroatoms. The van der Waals surface area contributed by atoms with Gasteiger partial charge in [0.2, 0.25) is 0 Å². The third-order valence-electron chi connectivity index (χ3n) is 2.40. The Labute approximate surface area is 138 Å². The highest BCUT2D eigenvalue weighted by atomic mass is 127. The number of hydrogen-bond donors (Lipinski definition) is 1. The molecule has 112 valence electrons. The molecule has 7 nitrogen and oxygen atoms in total. The van der Waals surface area contributed by atoms with Crippen molar-refractivity contribution in [1.29, 1.82) is 0 Å². The molecule has 2 heterocycles. The van der Waals surface area contributed by atoms with Gasteiger partial charge in [-0.2, -0.15) is 5.10 Å². The summed E-state index contributed by atoms with van der Waals surface area (Å²) in [7, 11) is 1.75. The summed E-state index contributed by atoms with van der Waals surface area (Å²) in [6, 6.07) is 0. The van der Waals surface area contributed by atoms with Crippen molar-refractivity contribution in [3.05, 3.63) is 26.5 Å². The number of aromatic nitrogens is 3. The van der Waals surface area contributed by atoms with Crippen LogP contribution in [-0.4, -0.2) is 33.2 Å². The molecule has 1 amide bonds. The van der Waals surface area contributed by atoms with E-state index in [0.717, 1.165) is 3.57 Å². The molecule has 0 aliphatic heterocycles. The molecule has 0 bridgehead atoms. The van der Waals surface area contributed by atoms with Gasteiger partial charge in [0.05, 0.1) is 22.3 Å². The summed E-state index contributed by atoms with van der Waals surface area (Å²) in [4.78, 5) is 27.6. The highest BCUT2D eigenvalue weighted by Gasteiger charge is 2.16. The van der Waals surface area contributed by atoms with Crippen LogP contribution in [-0.2, 0) is 23.0 Å². The molecule has 0 aromatic carbocycles. The van der Waals surface area contributed by atoms with E-state index in [-0.39, 0.29) is 18.3 Å². The van der Waals surface area contributed by atoms with Gasteiger partial charge in [-0.1, -0.05) is 0 Å². The van der Waals surface area contributed by atoms with Gasteiger partial charge in [-0.25, -0.2) is 4.98 Å². The number of anilines is 1. The summed E-state index contributed by atoms with van der Waals surface area (Å²) in [6.07, 6.45) is 1.85. The minimum atomic E-state index is -0.333. The highest BCUT2D eigenvalue weighted by molar-refractivity contribution is 14.1. The van der Waals surface area contributed by atoms with Crippen LogP contribution in [0.4, 0.5) is 5.13 Å². The lowest BCUT2D eigenvalue weighted by Gasteiger charge is -1.99. The number of thiazole rings is 1. The number of nitrogens with one attached hydrogen (secondary N) is 1. The number of esters is 1. The molecule has 2 rings (SSSR count). The average Bonchev–Trinajstić information content (AvgIpc) is 2.96. The molecule has 0 saturated carbocycles. The SMILES string of the molecule is CCOC(=O)Cc1csc(NC(=O)c2nn(C)cc2I)n1. The lowest BCUT2D eigenvalue weighted by atomic mass is 10.3. The smallest absolute Gasteiger partial charge is 0.311 e. The number of ether oxygens (including phenoxy) is 1. The number of aryl methyl sites for hydroxylation is 1. The first kappa shape index (κ1) is 15.9. The fraction of sp³-hybridized carbons (Fsp3) is 0.333. The van der Waals surface area contributed by atoms with Gasteiger partial charge < -0.3 is 4.74 Å². The van der Waals surface area contributed by atoms with Crippen LogP contribution in [0.2, 0.25) is 0 Å². The predicted octanol–water partition coefficient (Wildman–Crippen LogP) is 1.84. The van der Waals surface area contributed by atoms with Gasteiger partial charge in [-0.05, 0) is 29.5 Å². The van der Waals surface area contributed by atoms with Crippen molar-refractivity contribution in [3.8, 4) is 0 Å². The normalized spacial score (nSPS) is 10.4. The Morgan fingerprint density at radius 2 is 2.29 bits per heavy atom. The number of rotatable bonds is 5. The Bertz CT molecular complexity index is 667. The molecule has 0 saturated heterocycles. The molecule has 0 aliphatic carbocycles. The molecule has 2 aromatic heterocycles. The van der Waals surface area contributed by atoms with Crippen molar-refractivity contribution < 1.29 is 14.3 Å². The molecular formula is C12H13IN4O3S. The summed E-state index contributed by atoms with van der Waals surface area (Å²) < 4.78 is 7.18. The zero-order chi connectivity index (χ0) is 15.4. The number of carbonyl (C=O) groups excluding carboxylic acids is 2. The van der Waals surface area contributed by atoms with Crippen molar-refractivity contribution in [1.82, 2.24) is 14.8 Å². The molecule has 0 fully saturated rings. The molecule has 0 unspecified atom stereocenters. The third kappa shape index (κ3) is 4.24. The highest BCUT2D eigenvalue weighted by Crippen LogP contribution is 2.18. The maximum absolute atomic E-state index is 12.1. The van der Waals surface area contributed by atoms with E-state index in [0.29, 0.717) is 23.1 Å². The van der Waals surface area contributed by atoms with Crippen LogP contribution in [0.5, 0.6) is 0 Å². The van der Waals surface area contributed by atoms with Crippen molar-refractivity contribution >= 4 is 50.9 Å². The molecule has 1 N–H and O–H groups in total. The molecule has 0 atom stereocenters. The van der Waals surface area contributed by atoms with E-state index < -0.39 is 0 Å². The van der Waals surface area contributed by atoms with E-state index in [1.165, 1.54) is 11.3 Å². The Morgan fingerprint density at radius 1 is 1.52 bits per heavy atom. The predicted molar refractivity (Wildman–Crippen MR) is 86.3 cm³/mol. The molecular weight excluding hydrogens is 407 g/mol. The minimum absolute atomic E-state index is 0.0985.